The fourth-order valence-electron chi connectivity index (χ4n) is 1.58. The smallest absolute Gasteiger partial charge is 0.140 e. The van der Waals surface area contributed by atoms with Crippen LogP contribution in [0.3, 0.4) is 0 Å². The predicted molar refractivity (Wildman–Crippen MR) is 59.5 cm³/mol. The van der Waals surface area contributed by atoms with Crippen molar-refractivity contribution in [1.82, 2.24) is 0 Å². The van der Waals surface area contributed by atoms with Crippen molar-refractivity contribution in [2.75, 3.05) is 0 Å². The molecule has 1 unspecified atom stereocenters. The van der Waals surface area contributed by atoms with Gasteiger partial charge in [0.25, 0.3) is 0 Å². The molecule has 1 aromatic carbocycles. The molecule has 0 aliphatic heterocycles. The zero-order valence-corrected chi connectivity index (χ0v) is 9.42. The third-order valence-corrected chi connectivity index (χ3v) is 3.17. The molecule has 0 radical (unpaired) electrons. The number of Topliss-reactive ketones (excluding diaryl/α,β-unsaturated/α-hetero) is 1. The first-order chi connectivity index (χ1) is 6.50. The van der Waals surface area contributed by atoms with Crippen molar-refractivity contribution in [2.45, 2.75) is 39.5 Å². The molecule has 14 heavy (non-hydrogen) atoms. The number of benzene rings is 1. The fraction of sp³-hybridized carbons (Fsp3) is 0.462. The second-order valence-corrected chi connectivity index (χ2v) is 4.11. The van der Waals surface area contributed by atoms with Crippen LogP contribution in [0.15, 0.2) is 24.3 Å². The van der Waals surface area contributed by atoms with Crippen LogP contribution in [-0.2, 0) is 10.2 Å². The Morgan fingerprint density at radius 1 is 1.29 bits per heavy atom. The van der Waals surface area contributed by atoms with Gasteiger partial charge in [-0.25, -0.2) is 0 Å². The molecular weight excluding hydrogens is 172 g/mol. The molecule has 0 N–H and O–H groups in total. The number of ketones is 1. The number of carbonyl (C=O) groups is 1. The highest BCUT2D eigenvalue weighted by Gasteiger charge is 2.29. The van der Waals surface area contributed by atoms with Crippen molar-refractivity contribution in [2.24, 2.45) is 0 Å². The highest BCUT2D eigenvalue weighted by molar-refractivity contribution is 5.87. The van der Waals surface area contributed by atoms with Gasteiger partial charge in [-0.2, -0.15) is 0 Å². The highest BCUT2D eigenvalue weighted by Crippen LogP contribution is 2.28. The standard InChI is InChI=1S/C13H18O/c1-5-13(4,11(3)14)12-8-6-10(2)7-9-12/h6-9H,5H2,1-4H3. The van der Waals surface area contributed by atoms with Crippen LogP contribution in [0.2, 0.25) is 0 Å². The number of hydrogen-bond donors (Lipinski definition) is 0. The maximum atomic E-state index is 11.6. The Morgan fingerprint density at radius 3 is 2.14 bits per heavy atom. The lowest BCUT2D eigenvalue weighted by molar-refractivity contribution is -0.122. The Kier molecular flexibility index (Phi) is 3.10. The first-order valence-electron chi connectivity index (χ1n) is 5.09. The van der Waals surface area contributed by atoms with Crippen molar-refractivity contribution >= 4 is 5.78 Å². The van der Waals surface area contributed by atoms with Gasteiger partial charge in [-0.15, -0.1) is 0 Å². The van der Waals surface area contributed by atoms with Gasteiger partial charge >= 0.3 is 0 Å². The van der Waals surface area contributed by atoms with E-state index in [1.54, 1.807) is 6.92 Å². The lowest BCUT2D eigenvalue weighted by atomic mass is 9.77. The van der Waals surface area contributed by atoms with Crippen LogP contribution in [0.25, 0.3) is 0 Å². The monoisotopic (exact) mass is 190 g/mol. The lowest BCUT2D eigenvalue weighted by Crippen LogP contribution is -2.29. The van der Waals surface area contributed by atoms with Crippen molar-refractivity contribution in [3.63, 3.8) is 0 Å². The summed E-state index contributed by atoms with van der Waals surface area (Å²) in [6.07, 6.45) is 0.853. The topological polar surface area (TPSA) is 17.1 Å². The largest absolute Gasteiger partial charge is 0.299 e. The summed E-state index contributed by atoms with van der Waals surface area (Å²) in [5.41, 5.74) is 2.04. The molecular formula is C13H18O. The SMILES string of the molecule is CCC(C)(C(C)=O)c1ccc(C)cc1. The van der Waals surface area contributed by atoms with Crippen LogP contribution in [0, 0.1) is 6.92 Å². The Balaban J connectivity index is 3.13. The van der Waals surface area contributed by atoms with Crippen molar-refractivity contribution in [3.8, 4) is 0 Å². The summed E-state index contributed by atoms with van der Waals surface area (Å²) in [7, 11) is 0. The van der Waals surface area contributed by atoms with Crippen molar-refractivity contribution < 1.29 is 4.79 Å². The number of hydrogen-bond acceptors (Lipinski definition) is 1. The summed E-state index contributed by atoms with van der Waals surface area (Å²) in [4.78, 5) is 11.6. The minimum absolute atomic E-state index is 0.240. The predicted octanol–water partition coefficient (Wildman–Crippen LogP) is 3.25. The van der Waals surface area contributed by atoms with E-state index in [4.69, 9.17) is 0 Å². The fourth-order valence-corrected chi connectivity index (χ4v) is 1.58. The molecule has 0 heterocycles. The van der Waals surface area contributed by atoms with Gasteiger partial charge < -0.3 is 0 Å². The van der Waals surface area contributed by atoms with Crippen molar-refractivity contribution in [1.29, 1.82) is 0 Å². The van der Waals surface area contributed by atoms with Crippen LogP contribution < -0.4 is 0 Å². The van der Waals surface area contributed by atoms with Crippen LogP contribution >= 0.6 is 0 Å². The molecule has 1 aromatic rings. The minimum atomic E-state index is -0.312. The third-order valence-electron chi connectivity index (χ3n) is 3.17. The Bertz CT molecular complexity index is 324. The van der Waals surface area contributed by atoms with Gasteiger partial charge in [0, 0.05) is 0 Å². The van der Waals surface area contributed by atoms with Gasteiger partial charge in [0.1, 0.15) is 5.78 Å². The molecule has 0 spiro atoms. The zero-order valence-electron chi connectivity index (χ0n) is 9.42. The van der Waals surface area contributed by atoms with Gasteiger partial charge in [0.05, 0.1) is 5.41 Å². The first kappa shape index (κ1) is 11.0. The summed E-state index contributed by atoms with van der Waals surface area (Å²) in [5, 5.41) is 0. The summed E-state index contributed by atoms with van der Waals surface area (Å²) in [6, 6.07) is 8.23. The van der Waals surface area contributed by atoms with Crippen molar-refractivity contribution in [3.05, 3.63) is 35.4 Å². The Labute approximate surface area is 86.1 Å². The quantitative estimate of drug-likeness (QED) is 0.715. The average molecular weight is 190 g/mol. The molecule has 1 rings (SSSR count). The highest BCUT2D eigenvalue weighted by atomic mass is 16.1. The zero-order chi connectivity index (χ0) is 10.8. The summed E-state index contributed by atoms with van der Waals surface area (Å²) < 4.78 is 0. The Morgan fingerprint density at radius 2 is 1.79 bits per heavy atom. The molecule has 1 nitrogen and oxygen atoms in total. The van der Waals surface area contributed by atoms with Gasteiger partial charge in [0.2, 0.25) is 0 Å². The molecule has 0 fully saturated rings. The number of aryl methyl sites for hydroxylation is 1. The maximum Gasteiger partial charge on any atom is 0.140 e. The van der Waals surface area contributed by atoms with Gasteiger partial charge in [-0.3, -0.25) is 4.79 Å². The second kappa shape index (κ2) is 3.95. The van der Waals surface area contributed by atoms with E-state index in [1.807, 2.05) is 6.92 Å². The van der Waals surface area contributed by atoms with E-state index < -0.39 is 0 Å². The molecule has 0 saturated carbocycles. The van der Waals surface area contributed by atoms with Crippen LogP contribution in [0.5, 0.6) is 0 Å². The Hall–Kier alpha value is -1.11. The van der Waals surface area contributed by atoms with E-state index in [0.29, 0.717) is 0 Å². The summed E-state index contributed by atoms with van der Waals surface area (Å²) >= 11 is 0. The molecule has 1 atom stereocenters. The molecule has 76 valence electrons. The lowest BCUT2D eigenvalue weighted by Gasteiger charge is -2.25. The summed E-state index contributed by atoms with van der Waals surface area (Å²) in [5.74, 6) is 0.240. The minimum Gasteiger partial charge on any atom is -0.299 e. The molecule has 0 aliphatic carbocycles. The second-order valence-electron chi connectivity index (χ2n) is 4.11. The van der Waals surface area contributed by atoms with E-state index in [2.05, 4.69) is 38.1 Å². The van der Waals surface area contributed by atoms with E-state index in [9.17, 15) is 4.79 Å². The van der Waals surface area contributed by atoms with E-state index in [-0.39, 0.29) is 11.2 Å². The van der Waals surface area contributed by atoms with E-state index in [0.717, 1.165) is 12.0 Å². The normalized spacial score (nSPS) is 14.9. The first-order valence-corrected chi connectivity index (χ1v) is 5.09. The molecule has 0 aliphatic rings. The van der Waals surface area contributed by atoms with Crippen LogP contribution in [0.4, 0.5) is 0 Å². The molecule has 1 heteroatoms. The maximum absolute atomic E-state index is 11.6. The van der Waals surface area contributed by atoms with Crippen LogP contribution in [-0.4, -0.2) is 5.78 Å². The average Bonchev–Trinajstić information content (AvgIpc) is 2.17. The number of carbonyl (C=O) groups excluding carboxylic acids is 1. The van der Waals surface area contributed by atoms with E-state index >= 15 is 0 Å². The summed E-state index contributed by atoms with van der Waals surface area (Å²) in [6.45, 7) is 7.80. The molecule has 0 aromatic heterocycles. The molecule has 0 saturated heterocycles. The third kappa shape index (κ3) is 1.87. The van der Waals surface area contributed by atoms with Crippen LogP contribution in [0.1, 0.15) is 38.3 Å². The van der Waals surface area contributed by atoms with E-state index in [1.165, 1.54) is 5.56 Å². The van der Waals surface area contributed by atoms with Gasteiger partial charge in [0.15, 0.2) is 0 Å². The molecule has 0 amide bonds. The molecule has 0 bridgehead atoms. The number of rotatable bonds is 3. The van der Waals surface area contributed by atoms with Gasteiger partial charge in [-0.05, 0) is 32.8 Å². The van der Waals surface area contributed by atoms with Gasteiger partial charge in [-0.1, -0.05) is 36.8 Å².